The molecule has 1 N–H and O–H groups in total. The van der Waals surface area contributed by atoms with E-state index < -0.39 is 15.6 Å². The fraction of sp³-hybridized carbons (Fsp3) is 0.462. The van der Waals surface area contributed by atoms with Crippen LogP contribution in [0.5, 0.6) is 0 Å². The van der Waals surface area contributed by atoms with E-state index in [1.807, 2.05) is 35.2 Å². The van der Waals surface area contributed by atoms with Gasteiger partial charge in [0.25, 0.3) is 0 Å². The summed E-state index contributed by atoms with van der Waals surface area (Å²) in [5, 5.41) is 3.40. The van der Waals surface area contributed by atoms with Gasteiger partial charge in [0.15, 0.2) is 0 Å². The van der Waals surface area contributed by atoms with Crippen LogP contribution in [0, 0.1) is 5.92 Å². The molecule has 0 saturated carbocycles. The first-order valence-electron chi connectivity index (χ1n) is 12.3. The second-order valence-corrected chi connectivity index (χ2v) is 12.0. The lowest BCUT2D eigenvalue weighted by Crippen LogP contribution is -2.57. The van der Waals surface area contributed by atoms with Gasteiger partial charge in [-0.15, -0.1) is 0 Å². The fourth-order valence-corrected chi connectivity index (χ4v) is 6.40. The van der Waals surface area contributed by atoms with Gasteiger partial charge in [-0.05, 0) is 55.2 Å². The van der Waals surface area contributed by atoms with Crippen LogP contribution in [0.3, 0.4) is 0 Å². The number of para-hydroxylation sites is 1. The average molecular weight is 533 g/mol. The van der Waals surface area contributed by atoms with Crippen molar-refractivity contribution >= 4 is 39.1 Å². The van der Waals surface area contributed by atoms with Gasteiger partial charge in [0, 0.05) is 30.3 Å². The van der Waals surface area contributed by atoms with E-state index in [1.54, 1.807) is 17.0 Å². The molecule has 2 aliphatic rings. The van der Waals surface area contributed by atoms with Gasteiger partial charge in [-0.1, -0.05) is 50.1 Å². The summed E-state index contributed by atoms with van der Waals surface area (Å²) < 4.78 is 27.9. The molecule has 2 aromatic rings. The number of hydrogen-bond acceptors (Lipinski definition) is 5. The van der Waals surface area contributed by atoms with Crippen molar-refractivity contribution < 1.29 is 18.0 Å². The third kappa shape index (κ3) is 5.23. The van der Waals surface area contributed by atoms with Crippen molar-refractivity contribution in [1.82, 2.24) is 14.5 Å². The molecule has 0 aliphatic carbocycles. The maximum Gasteiger partial charge on any atom is 0.250 e. The van der Waals surface area contributed by atoms with Crippen LogP contribution < -0.4 is 10.2 Å². The molecule has 2 amide bonds. The number of anilines is 1. The van der Waals surface area contributed by atoms with Gasteiger partial charge in [-0.25, -0.2) is 8.42 Å². The van der Waals surface area contributed by atoms with Crippen molar-refractivity contribution in [2.24, 2.45) is 5.92 Å². The minimum atomic E-state index is -3.71. The number of amides is 2. The number of nitrogens with one attached hydrogen (secondary N) is 1. The number of nitrogens with zero attached hydrogens (tertiary/aromatic N) is 3. The molecular weight excluding hydrogens is 500 g/mol. The molecule has 36 heavy (non-hydrogen) atoms. The van der Waals surface area contributed by atoms with Gasteiger partial charge in [0.1, 0.15) is 12.1 Å². The van der Waals surface area contributed by atoms with Crippen LogP contribution in [-0.2, 0) is 19.6 Å². The predicted molar refractivity (Wildman–Crippen MR) is 140 cm³/mol. The molecule has 0 bridgehead atoms. The lowest BCUT2D eigenvalue weighted by molar-refractivity contribution is -0.137. The van der Waals surface area contributed by atoms with Crippen molar-refractivity contribution in [2.45, 2.75) is 43.5 Å². The van der Waals surface area contributed by atoms with Gasteiger partial charge in [0.2, 0.25) is 21.8 Å². The molecule has 194 valence electrons. The number of halogens is 1. The molecule has 4 rings (SSSR count). The highest BCUT2D eigenvalue weighted by Crippen LogP contribution is 2.40. The number of hydrogen-bond donors (Lipinski definition) is 1. The monoisotopic (exact) mass is 532 g/mol. The molecule has 0 aromatic heterocycles. The lowest BCUT2D eigenvalue weighted by Gasteiger charge is -2.42. The Morgan fingerprint density at radius 1 is 1.08 bits per heavy atom. The first kappa shape index (κ1) is 26.4. The Bertz CT molecular complexity index is 1180. The highest BCUT2D eigenvalue weighted by molar-refractivity contribution is 7.89. The van der Waals surface area contributed by atoms with E-state index in [0.29, 0.717) is 30.3 Å². The summed E-state index contributed by atoms with van der Waals surface area (Å²) >= 11 is 5.93. The van der Waals surface area contributed by atoms with Crippen LogP contribution in [0.25, 0.3) is 0 Å². The minimum Gasteiger partial charge on any atom is -0.354 e. The van der Waals surface area contributed by atoms with Crippen LogP contribution in [-0.4, -0.2) is 67.8 Å². The quantitative estimate of drug-likeness (QED) is 0.563. The first-order valence-corrected chi connectivity index (χ1v) is 14.1. The fourth-order valence-electron chi connectivity index (χ4n) is 4.84. The molecule has 2 fully saturated rings. The van der Waals surface area contributed by atoms with Gasteiger partial charge < -0.3 is 15.1 Å². The van der Waals surface area contributed by atoms with Crippen molar-refractivity contribution in [2.75, 3.05) is 37.7 Å². The molecular formula is C26H33ClN4O4S. The Morgan fingerprint density at radius 3 is 2.33 bits per heavy atom. The molecule has 2 heterocycles. The number of rotatable bonds is 8. The summed E-state index contributed by atoms with van der Waals surface area (Å²) in [7, 11) is -3.71. The number of benzene rings is 2. The summed E-state index contributed by atoms with van der Waals surface area (Å²) in [6, 6.07) is 15.7. The smallest absolute Gasteiger partial charge is 0.250 e. The summed E-state index contributed by atoms with van der Waals surface area (Å²) in [5.74, 6) is 0.0485. The Balaban J connectivity index is 1.54. The maximum absolute atomic E-state index is 13.8. The van der Waals surface area contributed by atoms with E-state index >= 15 is 0 Å². The van der Waals surface area contributed by atoms with Crippen molar-refractivity contribution in [3.05, 3.63) is 59.6 Å². The highest BCUT2D eigenvalue weighted by atomic mass is 35.5. The Hall–Kier alpha value is -2.62. The Morgan fingerprint density at radius 2 is 1.72 bits per heavy atom. The van der Waals surface area contributed by atoms with Crippen LogP contribution in [0.4, 0.5) is 5.69 Å². The van der Waals surface area contributed by atoms with E-state index in [1.165, 1.54) is 16.4 Å². The topological polar surface area (TPSA) is 90.0 Å². The normalized spacial score (nSPS) is 19.0. The zero-order valence-electron chi connectivity index (χ0n) is 20.7. The Kier molecular flexibility index (Phi) is 7.92. The molecule has 1 unspecified atom stereocenters. The third-order valence-corrected chi connectivity index (χ3v) is 9.43. The lowest BCUT2D eigenvalue weighted by atomic mass is 9.86. The van der Waals surface area contributed by atoms with Gasteiger partial charge >= 0.3 is 0 Å². The molecule has 2 aliphatic heterocycles. The molecule has 1 atom stereocenters. The first-order chi connectivity index (χ1) is 17.2. The average Bonchev–Trinajstić information content (AvgIpc) is 3.14. The van der Waals surface area contributed by atoms with Crippen LogP contribution >= 0.6 is 11.6 Å². The summed E-state index contributed by atoms with van der Waals surface area (Å²) in [4.78, 5) is 30.2. The van der Waals surface area contributed by atoms with Crippen LogP contribution in [0.1, 0.15) is 33.1 Å². The van der Waals surface area contributed by atoms with Crippen molar-refractivity contribution in [3.8, 4) is 0 Å². The standard InChI is InChI=1S/C26H33ClN4O4S/c1-3-20(2)17-28-24(32)18-29-19-31(22-7-5-4-6-8-22)26(25(29)33)13-15-30(16-14-26)36(34,35)23-11-9-21(27)10-12-23/h4-12,20H,3,13-19H2,1-2H3,(H,28,32). The summed E-state index contributed by atoms with van der Waals surface area (Å²) in [6.45, 7) is 5.38. The minimum absolute atomic E-state index is 0.0207. The van der Waals surface area contributed by atoms with E-state index in [2.05, 4.69) is 19.2 Å². The van der Waals surface area contributed by atoms with E-state index in [4.69, 9.17) is 11.6 Å². The number of piperidine rings is 1. The molecule has 1 spiro atoms. The number of carbonyl (C=O) groups is 2. The molecule has 10 heteroatoms. The van der Waals surface area contributed by atoms with Gasteiger partial charge in [-0.3, -0.25) is 9.59 Å². The highest BCUT2D eigenvalue weighted by Gasteiger charge is 2.55. The molecule has 2 saturated heterocycles. The van der Waals surface area contributed by atoms with Crippen molar-refractivity contribution in [3.63, 3.8) is 0 Å². The zero-order chi connectivity index (χ0) is 25.9. The van der Waals surface area contributed by atoms with Crippen LogP contribution in [0.2, 0.25) is 5.02 Å². The predicted octanol–water partition coefficient (Wildman–Crippen LogP) is 3.33. The van der Waals surface area contributed by atoms with Gasteiger partial charge in [0.05, 0.1) is 11.6 Å². The molecule has 8 nitrogen and oxygen atoms in total. The Labute approximate surface area is 218 Å². The number of sulfonamides is 1. The van der Waals surface area contributed by atoms with Crippen LogP contribution in [0.15, 0.2) is 59.5 Å². The summed E-state index contributed by atoms with van der Waals surface area (Å²) in [6.07, 6.45) is 1.63. The van der Waals surface area contributed by atoms with E-state index in [0.717, 1.165) is 12.1 Å². The van der Waals surface area contributed by atoms with E-state index in [9.17, 15) is 18.0 Å². The molecule has 2 aromatic carbocycles. The zero-order valence-corrected chi connectivity index (χ0v) is 22.3. The largest absolute Gasteiger partial charge is 0.354 e. The second-order valence-electron chi connectivity index (χ2n) is 9.62. The van der Waals surface area contributed by atoms with E-state index in [-0.39, 0.29) is 43.0 Å². The molecule has 0 radical (unpaired) electrons. The second kappa shape index (κ2) is 10.8. The van der Waals surface area contributed by atoms with Crippen molar-refractivity contribution in [1.29, 1.82) is 0 Å². The summed E-state index contributed by atoms with van der Waals surface area (Å²) in [5.41, 5.74) is -0.0213. The maximum atomic E-state index is 13.8. The van der Waals surface area contributed by atoms with Gasteiger partial charge in [-0.2, -0.15) is 4.31 Å². The number of carbonyl (C=O) groups excluding carboxylic acids is 2. The third-order valence-electron chi connectivity index (χ3n) is 7.26. The SMILES string of the molecule is CCC(C)CNC(=O)CN1CN(c2ccccc2)C2(CCN(S(=O)(=O)c3ccc(Cl)cc3)CC2)C1=O.